The molecule has 1 amide bonds. The fourth-order valence-corrected chi connectivity index (χ4v) is 3.28. The van der Waals surface area contributed by atoms with E-state index in [1.807, 2.05) is 29.2 Å². The monoisotopic (exact) mass is 311 g/mol. The number of fused-ring (bicyclic) bond motifs is 1. The van der Waals surface area contributed by atoms with Crippen molar-refractivity contribution in [2.75, 3.05) is 6.54 Å². The van der Waals surface area contributed by atoms with E-state index in [1.165, 1.54) is 5.69 Å². The minimum Gasteiger partial charge on any atom is -0.471 e. The largest absolute Gasteiger partial charge is 0.471 e. The van der Waals surface area contributed by atoms with Gasteiger partial charge in [-0.05, 0) is 30.5 Å². The van der Waals surface area contributed by atoms with Crippen molar-refractivity contribution in [2.45, 2.75) is 32.5 Å². The molecule has 3 heterocycles. The molecule has 1 fully saturated rings. The van der Waals surface area contributed by atoms with Crippen molar-refractivity contribution in [1.82, 2.24) is 14.5 Å². The van der Waals surface area contributed by atoms with Gasteiger partial charge in [0.15, 0.2) is 0 Å². The van der Waals surface area contributed by atoms with Crippen LogP contribution in [0.2, 0.25) is 0 Å². The Morgan fingerprint density at radius 2 is 2.13 bits per heavy atom. The predicted octanol–water partition coefficient (Wildman–Crippen LogP) is 2.33. The van der Waals surface area contributed by atoms with Crippen molar-refractivity contribution in [3.8, 4) is 5.88 Å². The summed E-state index contributed by atoms with van der Waals surface area (Å²) in [5.41, 5.74) is 1.17. The van der Waals surface area contributed by atoms with E-state index in [0.29, 0.717) is 24.9 Å². The number of pyridine rings is 1. The third kappa shape index (κ3) is 2.96. The molecule has 0 aromatic carbocycles. The molecule has 2 aromatic heterocycles. The smallest absolute Gasteiger partial charge is 0.226 e. The SMILES string of the molecule is C[C@@H]1C[C@@H]1C(=O)N1Cc2cccn2C[C@@H](Oc2ccccn2)C1. The number of ether oxygens (including phenoxy) is 1. The van der Waals surface area contributed by atoms with Crippen LogP contribution in [-0.4, -0.2) is 33.0 Å². The zero-order chi connectivity index (χ0) is 15.8. The van der Waals surface area contributed by atoms with Crippen LogP contribution in [0.15, 0.2) is 42.7 Å². The van der Waals surface area contributed by atoms with Crippen LogP contribution in [0.4, 0.5) is 0 Å². The normalized spacial score (nSPS) is 26.3. The van der Waals surface area contributed by atoms with Gasteiger partial charge in [-0.2, -0.15) is 0 Å². The predicted molar refractivity (Wildman–Crippen MR) is 85.8 cm³/mol. The molecule has 4 rings (SSSR count). The third-order valence-corrected chi connectivity index (χ3v) is 4.76. The molecule has 2 aliphatic rings. The van der Waals surface area contributed by atoms with Gasteiger partial charge in [-0.3, -0.25) is 4.79 Å². The van der Waals surface area contributed by atoms with E-state index in [9.17, 15) is 4.79 Å². The first-order valence-electron chi connectivity index (χ1n) is 8.21. The van der Waals surface area contributed by atoms with Crippen LogP contribution < -0.4 is 4.74 Å². The van der Waals surface area contributed by atoms with E-state index in [2.05, 4.69) is 28.7 Å². The topological polar surface area (TPSA) is 47.4 Å². The van der Waals surface area contributed by atoms with E-state index in [1.54, 1.807) is 6.20 Å². The van der Waals surface area contributed by atoms with E-state index < -0.39 is 0 Å². The first-order chi connectivity index (χ1) is 11.2. The highest BCUT2D eigenvalue weighted by Gasteiger charge is 2.42. The number of carbonyl (C=O) groups excluding carboxylic acids is 1. The first-order valence-corrected chi connectivity index (χ1v) is 8.21. The van der Waals surface area contributed by atoms with Gasteiger partial charge in [0.05, 0.1) is 19.6 Å². The maximum Gasteiger partial charge on any atom is 0.226 e. The van der Waals surface area contributed by atoms with Gasteiger partial charge in [0.2, 0.25) is 11.8 Å². The Hall–Kier alpha value is -2.30. The molecule has 1 saturated carbocycles. The summed E-state index contributed by atoms with van der Waals surface area (Å²) in [7, 11) is 0. The molecule has 5 nitrogen and oxygen atoms in total. The Labute approximate surface area is 135 Å². The second-order valence-corrected chi connectivity index (χ2v) is 6.60. The molecular weight excluding hydrogens is 290 g/mol. The highest BCUT2D eigenvalue weighted by Crippen LogP contribution is 2.39. The molecule has 0 unspecified atom stereocenters. The lowest BCUT2D eigenvalue weighted by Gasteiger charge is -2.24. The van der Waals surface area contributed by atoms with Crippen molar-refractivity contribution in [2.24, 2.45) is 11.8 Å². The molecule has 2 aromatic rings. The van der Waals surface area contributed by atoms with Gasteiger partial charge < -0.3 is 14.2 Å². The summed E-state index contributed by atoms with van der Waals surface area (Å²) in [4.78, 5) is 18.9. The number of hydrogen-bond donors (Lipinski definition) is 0. The zero-order valence-corrected chi connectivity index (χ0v) is 13.3. The lowest BCUT2D eigenvalue weighted by atomic mass is 10.2. The van der Waals surface area contributed by atoms with Gasteiger partial charge in [-0.1, -0.05) is 13.0 Å². The Balaban J connectivity index is 1.55. The second kappa shape index (κ2) is 5.72. The summed E-state index contributed by atoms with van der Waals surface area (Å²) in [6, 6.07) is 9.75. The second-order valence-electron chi connectivity index (χ2n) is 6.60. The molecule has 1 aliphatic carbocycles. The number of carbonyl (C=O) groups is 1. The van der Waals surface area contributed by atoms with Gasteiger partial charge in [0, 0.05) is 30.1 Å². The highest BCUT2D eigenvalue weighted by atomic mass is 16.5. The summed E-state index contributed by atoms with van der Waals surface area (Å²) < 4.78 is 8.22. The molecular formula is C18H21N3O2. The van der Waals surface area contributed by atoms with Crippen LogP contribution in [0.1, 0.15) is 19.0 Å². The number of nitrogens with zero attached hydrogens (tertiary/aromatic N) is 3. The summed E-state index contributed by atoms with van der Waals surface area (Å²) >= 11 is 0. The summed E-state index contributed by atoms with van der Waals surface area (Å²) in [6.07, 6.45) is 4.71. The number of rotatable bonds is 3. The van der Waals surface area contributed by atoms with Crippen molar-refractivity contribution < 1.29 is 9.53 Å². The third-order valence-electron chi connectivity index (χ3n) is 4.76. The lowest BCUT2D eigenvalue weighted by molar-refractivity contribution is -0.134. The standard InChI is InChI=1S/C18H21N3O2/c1-13-9-16(13)18(22)21-10-14-5-4-8-20(14)11-15(12-21)23-17-6-2-3-7-19-17/h2-8,13,15-16H,9-12H2,1H3/t13-,15-,16+/m1/s1. The van der Waals surface area contributed by atoms with Crippen LogP contribution >= 0.6 is 0 Å². The Bertz CT molecular complexity index is 697. The highest BCUT2D eigenvalue weighted by molar-refractivity contribution is 5.81. The van der Waals surface area contributed by atoms with Gasteiger partial charge in [0.1, 0.15) is 6.10 Å². The van der Waals surface area contributed by atoms with Crippen molar-refractivity contribution >= 4 is 5.91 Å². The summed E-state index contributed by atoms with van der Waals surface area (Å²) in [6.45, 7) is 4.16. The minimum absolute atomic E-state index is 0.0865. The Morgan fingerprint density at radius 3 is 2.87 bits per heavy atom. The Kier molecular flexibility index (Phi) is 3.56. The minimum atomic E-state index is -0.0865. The van der Waals surface area contributed by atoms with Crippen LogP contribution in [0.5, 0.6) is 5.88 Å². The molecule has 3 atom stereocenters. The molecule has 0 radical (unpaired) electrons. The van der Waals surface area contributed by atoms with Crippen LogP contribution in [-0.2, 0) is 17.9 Å². The first kappa shape index (κ1) is 14.3. The molecule has 0 saturated heterocycles. The van der Waals surface area contributed by atoms with Crippen LogP contribution in [0.25, 0.3) is 0 Å². The van der Waals surface area contributed by atoms with Crippen molar-refractivity contribution in [3.05, 3.63) is 48.4 Å². The molecule has 23 heavy (non-hydrogen) atoms. The molecule has 120 valence electrons. The molecule has 0 bridgehead atoms. The summed E-state index contributed by atoms with van der Waals surface area (Å²) in [5, 5.41) is 0. The van der Waals surface area contributed by atoms with Gasteiger partial charge in [-0.25, -0.2) is 4.98 Å². The average Bonchev–Trinajstić information content (AvgIpc) is 3.18. The van der Waals surface area contributed by atoms with Crippen molar-refractivity contribution in [3.63, 3.8) is 0 Å². The Morgan fingerprint density at radius 1 is 1.26 bits per heavy atom. The maximum absolute atomic E-state index is 12.7. The molecule has 5 heteroatoms. The fraction of sp³-hybridized carbons (Fsp3) is 0.444. The fourth-order valence-electron chi connectivity index (χ4n) is 3.28. The van der Waals surface area contributed by atoms with Crippen LogP contribution in [0, 0.1) is 11.8 Å². The van der Waals surface area contributed by atoms with E-state index >= 15 is 0 Å². The molecule has 1 aliphatic heterocycles. The van der Waals surface area contributed by atoms with Crippen LogP contribution in [0.3, 0.4) is 0 Å². The number of amides is 1. The zero-order valence-electron chi connectivity index (χ0n) is 13.3. The van der Waals surface area contributed by atoms with Gasteiger partial charge >= 0.3 is 0 Å². The quantitative estimate of drug-likeness (QED) is 0.874. The van der Waals surface area contributed by atoms with Gasteiger partial charge in [0.25, 0.3) is 0 Å². The summed E-state index contributed by atoms with van der Waals surface area (Å²) in [5.74, 6) is 1.60. The van der Waals surface area contributed by atoms with Crippen molar-refractivity contribution in [1.29, 1.82) is 0 Å². The lowest BCUT2D eigenvalue weighted by Crippen LogP contribution is -2.39. The van der Waals surface area contributed by atoms with E-state index in [4.69, 9.17) is 4.74 Å². The number of hydrogen-bond acceptors (Lipinski definition) is 3. The van der Waals surface area contributed by atoms with E-state index in [0.717, 1.165) is 13.0 Å². The molecule has 0 spiro atoms. The maximum atomic E-state index is 12.7. The molecule has 0 N–H and O–H groups in total. The number of aromatic nitrogens is 2. The van der Waals surface area contributed by atoms with Gasteiger partial charge in [-0.15, -0.1) is 0 Å². The average molecular weight is 311 g/mol. The van der Waals surface area contributed by atoms with E-state index in [-0.39, 0.29) is 17.9 Å².